The van der Waals surface area contributed by atoms with E-state index in [4.69, 9.17) is 9.97 Å². The van der Waals surface area contributed by atoms with Gasteiger partial charge >= 0.3 is 0 Å². The summed E-state index contributed by atoms with van der Waals surface area (Å²) in [5, 5.41) is 11.4. The van der Waals surface area contributed by atoms with Crippen LogP contribution in [0.4, 0.5) is 0 Å². The predicted octanol–water partition coefficient (Wildman–Crippen LogP) is 15.1. The molecule has 4 heteroatoms. The van der Waals surface area contributed by atoms with Gasteiger partial charge < -0.3 is 5.11 Å². The first-order valence-electron chi connectivity index (χ1n) is 21.4. The number of aromatic nitrogens is 3. The molecule has 0 aliphatic rings. The number of imidazole rings is 1. The molecule has 4 nitrogen and oxygen atoms in total. The van der Waals surface area contributed by atoms with Crippen molar-refractivity contribution in [3.63, 3.8) is 0 Å². The van der Waals surface area contributed by atoms with Gasteiger partial charge in [0.15, 0.2) is 0 Å². The Morgan fingerprint density at radius 2 is 1.15 bits per heavy atom. The summed E-state index contributed by atoms with van der Waals surface area (Å²) in [6, 6.07) is 51.6. The Kier molecular flexibility index (Phi) is 10.6. The number of rotatable bonds is 9. The molecule has 0 saturated carbocycles. The van der Waals surface area contributed by atoms with Crippen molar-refractivity contribution in [2.45, 2.75) is 91.4 Å². The molecule has 60 heavy (non-hydrogen) atoms. The number of para-hydroxylation sites is 2. The molecule has 0 saturated heterocycles. The number of hydrogen-bond acceptors (Lipinski definition) is 3. The number of pyridine rings is 1. The maximum atomic E-state index is 11.4. The van der Waals surface area contributed by atoms with Crippen LogP contribution in [-0.2, 0) is 16.2 Å². The summed E-state index contributed by atoms with van der Waals surface area (Å²) >= 11 is 0. The molecule has 0 aliphatic heterocycles. The van der Waals surface area contributed by atoms with Crippen molar-refractivity contribution in [1.29, 1.82) is 0 Å². The molecule has 0 atom stereocenters. The fourth-order valence-corrected chi connectivity index (χ4v) is 8.32. The van der Waals surface area contributed by atoms with E-state index in [1.165, 1.54) is 22.3 Å². The summed E-state index contributed by atoms with van der Waals surface area (Å²) in [7, 11) is 0. The highest BCUT2D eigenvalue weighted by molar-refractivity contribution is 5.97. The minimum atomic E-state index is -0.128. The van der Waals surface area contributed by atoms with Crippen molar-refractivity contribution in [3.05, 3.63) is 168 Å². The van der Waals surface area contributed by atoms with Crippen molar-refractivity contribution < 1.29 is 5.11 Å². The molecular formula is C56H57N3O. The topological polar surface area (TPSA) is 50.9 Å². The zero-order valence-corrected chi connectivity index (χ0v) is 36.6. The summed E-state index contributed by atoms with van der Waals surface area (Å²) in [4.78, 5) is 10.4. The quantitative estimate of drug-likeness (QED) is 0.158. The standard InChI is InChI=1S/C56H57N3O/c1-10-56(9,11-2)42-26-24-37(25-27-42)39-30-31-57-48(35-39)41-32-40(33-44(34-41)55(6,7)8)45-21-17-22-50-52(45)58-53(46-20-15-16-23-51(46)60)59(50)49-29-28-43(54(3,4)5)36-47(49)38-18-13-12-14-19-38/h12-36,60H,10-11H2,1-9H3. The highest BCUT2D eigenvalue weighted by Crippen LogP contribution is 2.43. The smallest absolute Gasteiger partial charge is 0.149 e. The second kappa shape index (κ2) is 15.7. The number of benzene rings is 6. The van der Waals surface area contributed by atoms with Crippen molar-refractivity contribution in [3.8, 4) is 67.5 Å². The van der Waals surface area contributed by atoms with Gasteiger partial charge in [0.2, 0.25) is 0 Å². The molecule has 0 spiro atoms. The van der Waals surface area contributed by atoms with Crippen molar-refractivity contribution in [2.24, 2.45) is 0 Å². The lowest BCUT2D eigenvalue weighted by atomic mass is 9.77. The highest BCUT2D eigenvalue weighted by Gasteiger charge is 2.25. The zero-order chi connectivity index (χ0) is 42.4. The number of phenols is 1. The summed E-state index contributed by atoms with van der Waals surface area (Å²) in [5.41, 5.74) is 15.9. The first-order chi connectivity index (χ1) is 28.7. The molecule has 2 heterocycles. The molecular weight excluding hydrogens is 731 g/mol. The van der Waals surface area contributed by atoms with Crippen molar-refractivity contribution in [1.82, 2.24) is 14.5 Å². The van der Waals surface area contributed by atoms with Gasteiger partial charge in [-0.15, -0.1) is 0 Å². The van der Waals surface area contributed by atoms with E-state index in [2.05, 4.69) is 188 Å². The lowest BCUT2D eigenvalue weighted by Gasteiger charge is -2.27. The first kappa shape index (κ1) is 40.5. The molecule has 302 valence electrons. The predicted molar refractivity (Wildman–Crippen MR) is 253 cm³/mol. The summed E-state index contributed by atoms with van der Waals surface area (Å²) in [6.07, 6.45) is 4.15. The molecule has 0 unspecified atom stereocenters. The third-order valence-corrected chi connectivity index (χ3v) is 12.7. The zero-order valence-electron chi connectivity index (χ0n) is 36.6. The lowest BCUT2D eigenvalue weighted by molar-refractivity contribution is 0.439. The van der Waals surface area contributed by atoms with E-state index in [1.807, 2.05) is 24.4 Å². The van der Waals surface area contributed by atoms with Crippen molar-refractivity contribution in [2.75, 3.05) is 0 Å². The van der Waals surface area contributed by atoms with Crippen LogP contribution in [0.25, 0.3) is 72.7 Å². The highest BCUT2D eigenvalue weighted by atomic mass is 16.3. The average Bonchev–Trinajstić information content (AvgIpc) is 3.65. The van der Waals surface area contributed by atoms with E-state index in [0.717, 1.165) is 68.6 Å². The Hall–Kier alpha value is -6.26. The van der Waals surface area contributed by atoms with Gasteiger partial charge in [0.25, 0.3) is 0 Å². The summed E-state index contributed by atoms with van der Waals surface area (Å²) in [5.74, 6) is 0.868. The molecule has 8 rings (SSSR count). The Morgan fingerprint density at radius 1 is 0.500 bits per heavy atom. The molecule has 6 aromatic carbocycles. The fourth-order valence-electron chi connectivity index (χ4n) is 8.32. The van der Waals surface area contributed by atoms with Crippen LogP contribution in [0.15, 0.2) is 152 Å². The maximum Gasteiger partial charge on any atom is 0.149 e. The largest absolute Gasteiger partial charge is 0.507 e. The SMILES string of the molecule is CCC(C)(CC)c1ccc(-c2ccnc(-c3cc(-c4cccc5c4nc(-c4ccccc4O)n5-c4ccc(C(C)(C)C)cc4-c4ccccc4)cc(C(C)(C)C)c3)c2)cc1. The molecule has 2 aromatic heterocycles. The van der Waals surface area contributed by atoms with Gasteiger partial charge in [0, 0.05) is 22.9 Å². The van der Waals surface area contributed by atoms with Gasteiger partial charge in [-0.25, -0.2) is 4.98 Å². The molecule has 0 amide bonds. The number of hydrogen-bond donors (Lipinski definition) is 1. The second-order valence-electron chi connectivity index (χ2n) is 18.6. The van der Waals surface area contributed by atoms with Crippen LogP contribution in [0.1, 0.15) is 91.8 Å². The monoisotopic (exact) mass is 787 g/mol. The molecule has 0 fully saturated rings. The Balaban J connectivity index is 1.33. The summed E-state index contributed by atoms with van der Waals surface area (Å²) < 4.78 is 2.23. The Labute approximate surface area is 356 Å². The van der Waals surface area contributed by atoms with E-state index in [9.17, 15) is 5.11 Å². The second-order valence-corrected chi connectivity index (χ2v) is 18.6. The number of nitrogens with zero attached hydrogens (tertiary/aromatic N) is 3. The van der Waals surface area contributed by atoms with Gasteiger partial charge in [-0.3, -0.25) is 9.55 Å². The third-order valence-electron chi connectivity index (χ3n) is 12.7. The molecule has 0 aliphatic carbocycles. The van der Waals surface area contributed by atoms with E-state index < -0.39 is 0 Å². The van der Waals surface area contributed by atoms with Crippen LogP contribution in [-0.4, -0.2) is 19.6 Å². The number of fused-ring (bicyclic) bond motifs is 1. The average molecular weight is 788 g/mol. The van der Waals surface area contributed by atoms with E-state index in [1.54, 1.807) is 6.07 Å². The first-order valence-corrected chi connectivity index (χ1v) is 21.4. The lowest BCUT2D eigenvalue weighted by Crippen LogP contribution is -2.19. The molecule has 0 bridgehead atoms. The van der Waals surface area contributed by atoms with Crippen LogP contribution in [0, 0.1) is 0 Å². The van der Waals surface area contributed by atoms with Crippen LogP contribution < -0.4 is 0 Å². The van der Waals surface area contributed by atoms with Crippen molar-refractivity contribution >= 4 is 11.0 Å². The van der Waals surface area contributed by atoms with E-state index in [0.29, 0.717) is 11.4 Å². The van der Waals surface area contributed by atoms with Crippen LogP contribution in [0.2, 0.25) is 0 Å². The number of aromatic hydroxyl groups is 1. The van der Waals surface area contributed by atoms with E-state index in [-0.39, 0.29) is 22.0 Å². The Bertz CT molecular complexity index is 2810. The number of phenolic OH excluding ortho intramolecular Hbond substituents is 1. The van der Waals surface area contributed by atoms with Gasteiger partial charge in [-0.2, -0.15) is 0 Å². The van der Waals surface area contributed by atoms with Gasteiger partial charge in [0.05, 0.1) is 28.0 Å². The Morgan fingerprint density at radius 3 is 1.83 bits per heavy atom. The molecule has 1 N–H and O–H groups in total. The van der Waals surface area contributed by atoms with E-state index >= 15 is 0 Å². The fraction of sp³-hybridized carbons (Fsp3) is 0.250. The van der Waals surface area contributed by atoms with Gasteiger partial charge in [0.1, 0.15) is 11.6 Å². The summed E-state index contributed by atoms with van der Waals surface area (Å²) in [6.45, 7) is 20.5. The minimum absolute atomic E-state index is 0.0486. The molecule has 8 aromatic rings. The minimum Gasteiger partial charge on any atom is -0.507 e. The normalized spacial score (nSPS) is 12.3. The van der Waals surface area contributed by atoms with Gasteiger partial charge in [-0.05, 0) is 123 Å². The van der Waals surface area contributed by atoms with Crippen LogP contribution >= 0.6 is 0 Å². The van der Waals surface area contributed by atoms with Crippen LogP contribution in [0.5, 0.6) is 5.75 Å². The molecule has 0 radical (unpaired) electrons. The van der Waals surface area contributed by atoms with Gasteiger partial charge in [-0.1, -0.05) is 153 Å². The van der Waals surface area contributed by atoms with Crippen LogP contribution in [0.3, 0.4) is 0 Å². The maximum absolute atomic E-state index is 11.4. The third kappa shape index (κ3) is 7.68.